The van der Waals surface area contributed by atoms with Crippen molar-refractivity contribution in [3.8, 4) is 0 Å². The molecule has 0 bridgehead atoms. The van der Waals surface area contributed by atoms with Crippen LogP contribution < -0.4 is 10.6 Å². The highest BCUT2D eigenvalue weighted by molar-refractivity contribution is 5.48. The van der Waals surface area contributed by atoms with Crippen LogP contribution in [0.3, 0.4) is 0 Å². The molecule has 0 aromatic carbocycles. The normalized spacial score (nSPS) is 21.1. The van der Waals surface area contributed by atoms with E-state index < -0.39 is 0 Å². The summed E-state index contributed by atoms with van der Waals surface area (Å²) in [5.74, 6) is 1.49. The third kappa shape index (κ3) is 1.84. The van der Waals surface area contributed by atoms with E-state index in [1.165, 1.54) is 32.1 Å². The summed E-state index contributed by atoms with van der Waals surface area (Å²) < 4.78 is 0. The molecular weight excluding hydrogens is 200 g/mol. The molecule has 2 fully saturated rings. The SMILES string of the molecule is Nc1cnc(N2CCCCC2)nc1C1CC1. The topological polar surface area (TPSA) is 55.0 Å². The Morgan fingerprint density at radius 3 is 2.62 bits per heavy atom. The zero-order valence-corrected chi connectivity index (χ0v) is 9.52. The van der Waals surface area contributed by atoms with Crippen molar-refractivity contribution in [3.63, 3.8) is 0 Å². The van der Waals surface area contributed by atoms with Gasteiger partial charge in [0.15, 0.2) is 0 Å². The third-order valence-electron chi connectivity index (χ3n) is 3.44. The van der Waals surface area contributed by atoms with Gasteiger partial charge in [-0.2, -0.15) is 0 Å². The van der Waals surface area contributed by atoms with E-state index in [4.69, 9.17) is 5.73 Å². The lowest BCUT2D eigenvalue weighted by Crippen LogP contribution is -2.31. The van der Waals surface area contributed by atoms with Crippen LogP contribution in [0, 0.1) is 0 Å². The van der Waals surface area contributed by atoms with Gasteiger partial charge < -0.3 is 10.6 Å². The molecule has 0 spiro atoms. The number of nitrogens with zero attached hydrogens (tertiary/aromatic N) is 3. The number of hydrogen-bond acceptors (Lipinski definition) is 4. The van der Waals surface area contributed by atoms with Crippen molar-refractivity contribution in [1.29, 1.82) is 0 Å². The van der Waals surface area contributed by atoms with Crippen LogP contribution >= 0.6 is 0 Å². The summed E-state index contributed by atoms with van der Waals surface area (Å²) in [6.45, 7) is 2.18. The van der Waals surface area contributed by atoms with E-state index in [0.717, 1.165) is 30.4 Å². The molecule has 4 heteroatoms. The molecule has 0 amide bonds. The highest BCUT2D eigenvalue weighted by atomic mass is 15.3. The van der Waals surface area contributed by atoms with E-state index in [2.05, 4.69) is 14.9 Å². The molecule has 86 valence electrons. The van der Waals surface area contributed by atoms with Gasteiger partial charge in [-0.25, -0.2) is 9.97 Å². The molecule has 0 atom stereocenters. The smallest absolute Gasteiger partial charge is 0.225 e. The average molecular weight is 218 g/mol. The maximum absolute atomic E-state index is 5.92. The molecule has 2 N–H and O–H groups in total. The van der Waals surface area contributed by atoms with Crippen molar-refractivity contribution >= 4 is 11.6 Å². The largest absolute Gasteiger partial charge is 0.396 e. The van der Waals surface area contributed by atoms with E-state index in [1.807, 2.05) is 0 Å². The minimum Gasteiger partial charge on any atom is -0.396 e. The van der Waals surface area contributed by atoms with Crippen molar-refractivity contribution in [2.75, 3.05) is 23.7 Å². The van der Waals surface area contributed by atoms with Gasteiger partial charge in [0.1, 0.15) is 0 Å². The molecule has 1 aliphatic heterocycles. The number of aromatic nitrogens is 2. The Labute approximate surface area is 95.9 Å². The van der Waals surface area contributed by atoms with Crippen LogP contribution in [0.5, 0.6) is 0 Å². The minimum atomic E-state index is 0.603. The number of hydrogen-bond donors (Lipinski definition) is 1. The lowest BCUT2D eigenvalue weighted by atomic mass is 10.1. The van der Waals surface area contributed by atoms with Gasteiger partial charge in [0.05, 0.1) is 17.6 Å². The number of nitrogens with two attached hydrogens (primary N) is 1. The first-order valence-corrected chi connectivity index (χ1v) is 6.22. The minimum absolute atomic E-state index is 0.603. The van der Waals surface area contributed by atoms with Gasteiger partial charge in [-0.15, -0.1) is 0 Å². The maximum atomic E-state index is 5.92. The van der Waals surface area contributed by atoms with E-state index >= 15 is 0 Å². The van der Waals surface area contributed by atoms with Crippen LogP contribution in [0.1, 0.15) is 43.7 Å². The molecular formula is C12H18N4. The average Bonchev–Trinajstić information content (AvgIpc) is 3.15. The Hall–Kier alpha value is -1.32. The highest BCUT2D eigenvalue weighted by Crippen LogP contribution is 2.41. The Bertz CT molecular complexity index is 381. The summed E-state index contributed by atoms with van der Waals surface area (Å²) in [5.41, 5.74) is 7.76. The van der Waals surface area contributed by atoms with Gasteiger partial charge in [-0.05, 0) is 32.1 Å². The molecule has 0 radical (unpaired) electrons. The second-order valence-corrected chi connectivity index (χ2v) is 4.83. The molecule has 1 aliphatic carbocycles. The van der Waals surface area contributed by atoms with Crippen LogP contribution in [0.4, 0.5) is 11.6 Å². The van der Waals surface area contributed by atoms with Gasteiger partial charge in [-0.3, -0.25) is 0 Å². The Morgan fingerprint density at radius 1 is 1.19 bits per heavy atom. The van der Waals surface area contributed by atoms with Crippen LogP contribution in [0.25, 0.3) is 0 Å². The predicted molar refractivity (Wildman–Crippen MR) is 64.5 cm³/mol. The summed E-state index contributed by atoms with van der Waals surface area (Å²) >= 11 is 0. The van der Waals surface area contributed by atoms with Gasteiger partial charge in [0.25, 0.3) is 0 Å². The molecule has 0 unspecified atom stereocenters. The van der Waals surface area contributed by atoms with Crippen molar-refractivity contribution in [2.45, 2.75) is 38.0 Å². The molecule has 1 saturated carbocycles. The molecule has 1 saturated heterocycles. The fourth-order valence-electron chi connectivity index (χ4n) is 2.32. The van der Waals surface area contributed by atoms with Crippen LogP contribution in [-0.4, -0.2) is 23.1 Å². The second-order valence-electron chi connectivity index (χ2n) is 4.83. The first-order chi connectivity index (χ1) is 7.84. The molecule has 2 heterocycles. The van der Waals surface area contributed by atoms with Crippen molar-refractivity contribution in [1.82, 2.24) is 9.97 Å². The zero-order valence-electron chi connectivity index (χ0n) is 9.52. The summed E-state index contributed by atoms with van der Waals surface area (Å²) in [7, 11) is 0. The maximum Gasteiger partial charge on any atom is 0.225 e. The van der Waals surface area contributed by atoms with Crippen molar-refractivity contribution in [2.24, 2.45) is 0 Å². The molecule has 1 aromatic rings. The number of rotatable bonds is 2. The van der Waals surface area contributed by atoms with Crippen LogP contribution in [-0.2, 0) is 0 Å². The number of anilines is 2. The molecule has 3 rings (SSSR count). The Balaban J connectivity index is 1.85. The molecule has 1 aromatic heterocycles. The standard InChI is InChI=1S/C12H18N4/c13-10-8-14-12(15-11(10)9-4-5-9)16-6-2-1-3-7-16/h8-9H,1-7,13H2. The predicted octanol–water partition coefficient (Wildman–Crippen LogP) is 1.93. The summed E-state index contributed by atoms with van der Waals surface area (Å²) in [6, 6.07) is 0. The van der Waals surface area contributed by atoms with E-state index in [0.29, 0.717) is 5.92 Å². The Morgan fingerprint density at radius 2 is 1.94 bits per heavy atom. The summed E-state index contributed by atoms with van der Waals surface area (Å²) in [4.78, 5) is 11.3. The zero-order chi connectivity index (χ0) is 11.0. The van der Waals surface area contributed by atoms with Crippen LogP contribution in [0.2, 0.25) is 0 Å². The number of nitrogen functional groups attached to an aromatic ring is 1. The second kappa shape index (κ2) is 3.92. The van der Waals surface area contributed by atoms with E-state index in [1.54, 1.807) is 6.20 Å². The van der Waals surface area contributed by atoms with Crippen LogP contribution in [0.15, 0.2) is 6.20 Å². The lowest BCUT2D eigenvalue weighted by Gasteiger charge is -2.26. The molecule has 16 heavy (non-hydrogen) atoms. The van der Waals surface area contributed by atoms with E-state index in [-0.39, 0.29) is 0 Å². The van der Waals surface area contributed by atoms with Crippen molar-refractivity contribution in [3.05, 3.63) is 11.9 Å². The fraction of sp³-hybridized carbons (Fsp3) is 0.667. The quantitative estimate of drug-likeness (QED) is 0.824. The van der Waals surface area contributed by atoms with Crippen molar-refractivity contribution < 1.29 is 0 Å². The monoisotopic (exact) mass is 218 g/mol. The highest BCUT2D eigenvalue weighted by Gasteiger charge is 2.28. The van der Waals surface area contributed by atoms with Gasteiger partial charge in [-0.1, -0.05) is 0 Å². The van der Waals surface area contributed by atoms with Gasteiger partial charge >= 0.3 is 0 Å². The summed E-state index contributed by atoms with van der Waals surface area (Å²) in [6.07, 6.45) is 8.10. The number of piperidine rings is 1. The fourth-order valence-corrected chi connectivity index (χ4v) is 2.32. The first-order valence-electron chi connectivity index (χ1n) is 6.22. The lowest BCUT2D eigenvalue weighted by molar-refractivity contribution is 0.567. The first kappa shape index (κ1) is 9.87. The van der Waals surface area contributed by atoms with Gasteiger partial charge in [0, 0.05) is 19.0 Å². The van der Waals surface area contributed by atoms with E-state index in [9.17, 15) is 0 Å². The molecule has 4 nitrogen and oxygen atoms in total. The van der Waals surface area contributed by atoms with Gasteiger partial charge in [0.2, 0.25) is 5.95 Å². The summed E-state index contributed by atoms with van der Waals surface area (Å²) in [5, 5.41) is 0. The Kier molecular flexibility index (Phi) is 2.42. The third-order valence-corrected chi connectivity index (χ3v) is 3.44. The molecule has 2 aliphatic rings.